The molecule has 0 aliphatic carbocycles. The number of esters is 2. The first-order chi connectivity index (χ1) is 14.4. The van der Waals surface area contributed by atoms with Crippen molar-refractivity contribution in [2.24, 2.45) is 0 Å². The van der Waals surface area contributed by atoms with Gasteiger partial charge in [0.05, 0.1) is 17.2 Å². The van der Waals surface area contributed by atoms with Crippen LogP contribution in [0.25, 0.3) is 0 Å². The Balaban J connectivity index is 1.93. The molecule has 9 heteroatoms. The van der Waals surface area contributed by atoms with Crippen LogP contribution >= 0.6 is 11.6 Å². The third-order valence-corrected chi connectivity index (χ3v) is 4.47. The first kappa shape index (κ1) is 23.9. The molecule has 1 N–H and O–H groups in total. The second kappa shape index (κ2) is 11.7. The lowest BCUT2D eigenvalue weighted by Gasteiger charge is -2.34. The van der Waals surface area contributed by atoms with Gasteiger partial charge in [-0.25, -0.2) is 9.59 Å². The zero-order chi connectivity index (χ0) is 22.1. The van der Waals surface area contributed by atoms with E-state index in [-0.39, 0.29) is 28.7 Å². The van der Waals surface area contributed by atoms with Gasteiger partial charge in [0.25, 0.3) is 0 Å². The van der Waals surface area contributed by atoms with Crippen molar-refractivity contribution in [2.75, 3.05) is 13.2 Å². The Morgan fingerprint density at radius 1 is 1.37 bits per heavy atom. The molecule has 0 spiro atoms. The fraction of sp³-hybridized carbons (Fsp3) is 0.429. The molecule has 0 saturated carbocycles. The Labute approximate surface area is 180 Å². The van der Waals surface area contributed by atoms with Gasteiger partial charge in [-0.05, 0) is 31.9 Å². The highest BCUT2D eigenvalue weighted by molar-refractivity contribution is 6.32. The van der Waals surface area contributed by atoms with Crippen LogP contribution in [0, 0.1) is 0 Å². The molecule has 1 aliphatic rings. The number of hydrogen-bond donors (Lipinski definition) is 1. The minimum Gasteiger partial charge on any atom is -0.480 e. The highest BCUT2D eigenvalue weighted by atomic mass is 35.5. The van der Waals surface area contributed by atoms with Gasteiger partial charge in [0.1, 0.15) is 18.6 Å². The van der Waals surface area contributed by atoms with Crippen LogP contribution in [0.2, 0.25) is 5.02 Å². The molecule has 1 aromatic rings. The molecule has 0 radical (unpaired) electrons. The molecule has 2 rings (SSSR count). The topological polar surface area (TPSA) is 101 Å². The van der Waals surface area contributed by atoms with Crippen molar-refractivity contribution in [3.05, 3.63) is 53.5 Å². The molecule has 1 fully saturated rings. The number of rotatable bonds is 9. The van der Waals surface area contributed by atoms with Gasteiger partial charge in [0.2, 0.25) is 0 Å². The number of benzene rings is 1. The molecule has 1 saturated heterocycles. The molecule has 3 unspecified atom stereocenters. The molecule has 1 aliphatic heterocycles. The van der Waals surface area contributed by atoms with E-state index in [1.165, 1.54) is 0 Å². The van der Waals surface area contributed by atoms with Crippen LogP contribution in [0.15, 0.2) is 42.9 Å². The Kier molecular flexibility index (Phi) is 9.32. The summed E-state index contributed by atoms with van der Waals surface area (Å²) in [6, 6.07) is 5.01. The molecule has 0 bridgehead atoms. The molecular formula is C21H25ClO8. The SMILES string of the molecule is C=CC(=O)O/C=C(/CO)OC(=O)COc1ccc(C2OC(C)CC(CC)O2)cc1Cl. The minimum absolute atomic E-state index is 0.0673. The maximum absolute atomic E-state index is 11.9. The number of aliphatic hydroxyl groups excluding tert-OH is 1. The monoisotopic (exact) mass is 440 g/mol. The summed E-state index contributed by atoms with van der Waals surface area (Å²) in [5.41, 5.74) is 0.745. The lowest BCUT2D eigenvalue weighted by Crippen LogP contribution is -2.31. The molecule has 30 heavy (non-hydrogen) atoms. The zero-order valence-electron chi connectivity index (χ0n) is 16.8. The third kappa shape index (κ3) is 7.14. The van der Waals surface area contributed by atoms with Crippen LogP contribution in [0.1, 0.15) is 38.5 Å². The maximum Gasteiger partial charge on any atom is 0.349 e. The molecule has 1 aromatic carbocycles. The van der Waals surface area contributed by atoms with Crippen molar-refractivity contribution in [3.63, 3.8) is 0 Å². The van der Waals surface area contributed by atoms with Gasteiger partial charge in [0, 0.05) is 11.6 Å². The molecule has 0 amide bonds. The van der Waals surface area contributed by atoms with Crippen molar-refractivity contribution in [3.8, 4) is 5.75 Å². The third-order valence-electron chi connectivity index (χ3n) is 4.17. The first-order valence-corrected chi connectivity index (χ1v) is 9.80. The van der Waals surface area contributed by atoms with Crippen LogP contribution in [0.4, 0.5) is 0 Å². The predicted molar refractivity (Wildman–Crippen MR) is 108 cm³/mol. The number of carbonyl (C=O) groups is 2. The van der Waals surface area contributed by atoms with E-state index in [4.69, 9.17) is 35.7 Å². The average molecular weight is 441 g/mol. The molecule has 8 nitrogen and oxygen atoms in total. The molecular weight excluding hydrogens is 416 g/mol. The van der Waals surface area contributed by atoms with Crippen molar-refractivity contribution >= 4 is 23.5 Å². The van der Waals surface area contributed by atoms with Crippen molar-refractivity contribution in [1.29, 1.82) is 0 Å². The number of ether oxygens (including phenoxy) is 5. The summed E-state index contributed by atoms with van der Waals surface area (Å²) < 4.78 is 26.6. The Morgan fingerprint density at radius 3 is 2.77 bits per heavy atom. The summed E-state index contributed by atoms with van der Waals surface area (Å²) in [6.07, 6.45) is 3.12. The van der Waals surface area contributed by atoms with Crippen LogP contribution < -0.4 is 4.74 Å². The van der Waals surface area contributed by atoms with Crippen LogP contribution in [-0.2, 0) is 28.5 Å². The normalized spacial score (nSPS) is 21.6. The quantitative estimate of drug-likeness (QED) is 0.354. The van der Waals surface area contributed by atoms with E-state index >= 15 is 0 Å². The van der Waals surface area contributed by atoms with Crippen molar-refractivity contribution < 1.29 is 38.4 Å². The van der Waals surface area contributed by atoms with E-state index in [1.807, 2.05) is 6.92 Å². The van der Waals surface area contributed by atoms with Gasteiger partial charge >= 0.3 is 11.9 Å². The Hall–Kier alpha value is -2.39. The summed E-state index contributed by atoms with van der Waals surface area (Å²) in [5, 5.41) is 9.43. The van der Waals surface area contributed by atoms with E-state index in [1.54, 1.807) is 18.2 Å². The number of hydrogen-bond acceptors (Lipinski definition) is 8. The summed E-state index contributed by atoms with van der Waals surface area (Å²) in [5.74, 6) is -1.57. The maximum atomic E-state index is 11.9. The van der Waals surface area contributed by atoms with E-state index in [0.29, 0.717) is 0 Å². The van der Waals surface area contributed by atoms with Gasteiger partial charge in [-0.15, -0.1) is 0 Å². The predicted octanol–water partition coefficient (Wildman–Crippen LogP) is 3.43. The minimum atomic E-state index is -0.816. The van der Waals surface area contributed by atoms with Gasteiger partial charge < -0.3 is 28.8 Å². The van der Waals surface area contributed by atoms with Gasteiger partial charge in [0.15, 0.2) is 18.7 Å². The largest absolute Gasteiger partial charge is 0.480 e. The standard InChI is InChI=1S/C21H25ClO8/c1-4-15-8-13(3)28-21(30-15)14-6-7-18(17(22)9-14)26-12-20(25)29-16(10-23)11-27-19(24)5-2/h5-7,9,11,13,15,21,23H,2,4,8,10,12H2,1,3H3/b16-11-. The molecule has 3 atom stereocenters. The number of aliphatic hydroxyl groups is 1. The fourth-order valence-electron chi connectivity index (χ4n) is 2.68. The van der Waals surface area contributed by atoms with E-state index in [9.17, 15) is 9.59 Å². The van der Waals surface area contributed by atoms with Crippen LogP contribution in [-0.4, -0.2) is 42.5 Å². The van der Waals surface area contributed by atoms with Gasteiger partial charge in [-0.1, -0.05) is 31.2 Å². The molecule has 1 heterocycles. The summed E-state index contributed by atoms with van der Waals surface area (Å²) in [6.45, 7) is 6.15. The lowest BCUT2D eigenvalue weighted by atomic mass is 10.1. The highest BCUT2D eigenvalue weighted by Gasteiger charge is 2.28. The molecule has 0 aromatic heterocycles. The second-order valence-corrected chi connectivity index (χ2v) is 6.92. The Bertz CT molecular complexity index is 791. The summed E-state index contributed by atoms with van der Waals surface area (Å²) >= 11 is 6.27. The van der Waals surface area contributed by atoms with E-state index in [0.717, 1.165) is 30.7 Å². The Morgan fingerprint density at radius 2 is 2.13 bits per heavy atom. The number of carbonyl (C=O) groups excluding carboxylic acids is 2. The first-order valence-electron chi connectivity index (χ1n) is 9.43. The second-order valence-electron chi connectivity index (χ2n) is 6.52. The lowest BCUT2D eigenvalue weighted by molar-refractivity contribution is -0.243. The highest BCUT2D eigenvalue weighted by Crippen LogP contribution is 2.34. The zero-order valence-corrected chi connectivity index (χ0v) is 17.6. The van der Waals surface area contributed by atoms with Gasteiger partial charge in [-0.3, -0.25) is 0 Å². The van der Waals surface area contributed by atoms with Gasteiger partial charge in [-0.2, -0.15) is 0 Å². The summed E-state index contributed by atoms with van der Waals surface area (Å²) in [7, 11) is 0. The smallest absolute Gasteiger partial charge is 0.349 e. The van der Waals surface area contributed by atoms with E-state index < -0.39 is 31.4 Å². The van der Waals surface area contributed by atoms with Crippen LogP contribution in [0.3, 0.4) is 0 Å². The van der Waals surface area contributed by atoms with Crippen molar-refractivity contribution in [2.45, 2.75) is 45.2 Å². The fourth-order valence-corrected chi connectivity index (χ4v) is 2.92. The van der Waals surface area contributed by atoms with E-state index in [2.05, 4.69) is 18.2 Å². The number of halogens is 1. The summed E-state index contributed by atoms with van der Waals surface area (Å²) in [4.78, 5) is 22.9. The average Bonchev–Trinajstić information content (AvgIpc) is 2.74. The van der Waals surface area contributed by atoms with Crippen molar-refractivity contribution in [1.82, 2.24) is 0 Å². The molecule has 164 valence electrons. The van der Waals surface area contributed by atoms with Crippen LogP contribution in [0.5, 0.6) is 5.75 Å².